The molecule has 0 spiro atoms. The van der Waals surface area contributed by atoms with E-state index < -0.39 is 28.5 Å². The molecule has 206 valence electrons. The van der Waals surface area contributed by atoms with Crippen LogP contribution in [0.3, 0.4) is 0 Å². The molecule has 0 aromatic heterocycles. The molecule has 1 aliphatic carbocycles. The van der Waals surface area contributed by atoms with Crippen LogP contribution in [0.15, 0.2) is 42.5 Å². The molecule has 0 radical (unpaired) electrons. The quantitative estimate of drug-likeness (QED) is 0.467. The summed E-state index contributed by atoms with van der Waals surface area (Å²) in [6.07, 6.45) is 6.49. The number of amides is 2. The van der Waals surface area contributed by atoms with E-state index in [4.69, 9.17) is 21.1 Å². The highest BCUT2D eigenvalue weighted by molar-refractivity contribution is 7.92. The maximum absolute atomic E-state index is 13.9. The Bertz CT molecular complexity index is 1270. The SMILES string of the molecule is CC[C@@H](C(=O)NC1CCCCC1)N(Cc1ccccc1Cl)C(=O)CN(c1ccc2c(c1)OCO2)S(C)(=O)=O. The summed E-state index contributed by atoms with van der Waals surface area (Å²) in [6, 6.07) is 11.1. The lowest BCUT2D eigenvalue weighted by Crippen LogP contribution is -2.54. The largest absolute Gasteiger partial charge is 0.454 e. The molecule has 9 nitrogen and oxygen atoms in total. The van der Waals surface area contributed by atoms with Crippen molar-refractivity contribution >= 4 is 39.1 Å². The van der Waals surface area contributed by atoms with Crippen LogP contribution in [0.2, 0.25) is 5.02 Å². The number of ether oxygens (including phenoxy) is 2. The zero-order valence-electron chi connectivity index (χ0n) is 21.7. The lowest BCUT2D eigenvalue weighted by atomic mass is 9.95. The van der Waals surface area contributed by atoms with Crippen molar-refractivity contribution < 1.29 is 27.5 Å². The lowest BCUT2D eigenvalue weighted by Gasteiger charge is -2.34. The molecule has 2 aromatic carbocycles. The van der Waals surface area contributed by atoms with Crippen molar-refractivity contribution in [3.05, 3.63) is 53.1 Å². The highest BCUT2D eigenvalue weighted by atomic mass is 35.5. The predicted octanol–water partition coefficient (Wildman–Crippen LogP) is 4.09. The Labute approximate surface area is 229 Å². The number of nitrogens with one attached hydrogen (secondary N) is 1. The number of hydrogen-bond acceptors (Lipinski definition) is 6. The summed E-state index contributed by atoms with van der Waals surface area (Å²) in [5, 5.41) is 3.58. The Kier molecular flexibility index (Phi) is 9.04. The molecule has 0 unspecified atom stereocenters. The second-order valence-corrected chi connectivity index (χ2v) is 12.0. The molecule has 2 aromatic rings. The fraction of sp³-hybridized carbons (Fsp3) is 0.481. The maximum Gasteiger partial charge on any atom is 0.244 e. The Morgan fingerprint density at radius 2 is 1.79 bits per heavy atom. The molecule has 1 N–H and O–H groups in total. The standard InChI is InChI=1S/C27H34ClN3O6S/c1-3-23(27(33)29-20-10-5-4-6-11-20)30(16-19-9-7-8-12-22(19)28)26(32)17-31(38(2,34)35)21-13-14-24-25(15-21)37-18-36-24/h7-9,12-15,20,23H,3-6,10-11,16-18H2,1-2H3,(H,29,33)/t23-/m0/s1. The van der Waals surface area contributed by atoms with E-state index in [-0.39, 0.29) is 31.0 Å². The van der Waals surface area contributed by atoms with E-state index >= 15 is 0 Å². The summed E-state index contributed by atoms with van der Waals surface area (Å²) in [7, 11) is -3.86. The van der Waals surface area contributed by atoms with Gasteiger partial charge in [-0.15, -0.1) is 0 Å². The van der Waals surface area contributed by atoms with Gasteiger partial charge in [0.2, 0.25) is 28.6 Å². The van der Waals surface area contributed by atoms with Gasteiger partial charge in [-0.2, -0.15) is 0 Å². The van der Waals surface area contributed by atoms with E-state index in [2.05, 4.69) is 5.32 Å². The summed E-state index contributed by atoms with van der Waals surface area (Å²) in [4.78, 5) is 28.7. The van der Waals surface area contributed by atoms with E-state index in [1.165, 1.54) is 11.0 Å². The van der Waals surface area contributed by atoms with E-state index in [9.17, 15) is 18.0 Å². The average molecular weight is 564 g/mol. The molecule has 38 heavy (non-hydrogen) atoms. The minimum Gasteiger partial charge on any atom is -0.454 e. The summed E-state index contributed by atoms with van der Waals surface area (Å²) in [6.45, 7) is 1.45. The van der Waals surface area contributed by atoms with Gasteiger partial charge in [-0.05, 0) is 43.0 Å². The highest BCUT2D eigenvalue weighted by Gasteiger charge is 2.33. The first-order valence-electron chi connectivity index (χ1n) is 12.9. The van der Waals surface area contributed by atoms with Gasteiger partial charge in [0.1, 0.15) is 12.6 Å². The van der Waals surface area contributed by atoms with Gasteiger partial charge >= 0.3 is 0 Å². The van der Waals surface area contributed by atoms with Crippen molar-refractivity contribution in [3.63, 3.8) is 0 Å². The fourth-order valence-electron chi connectivity index (χ4n) is 4.93. The van der Waals surface area contributed by atoms with E-state index in [1.54, 1.807) is 30.3 Å². The predicted molar refractivity (Wildman–Crippen MR) is 146 cm³/mol. The molecule has 11 heteroatoms. The van der Waals surface area contributed by atoms with Gasteiger partial charge < -0.3 is 19.7 Å². The zero-order chi connectivity index (χ0) is 27.3. The number of carbonyl (C=O) groups is 2. The summed E-state index contributed by atoms with van der Waals surface area (Å²) < 4.78 is 37.4. The normalized spacial score (nSPS) is 16.1. The second kappa shape index (κ2) is 12.3. The van der Waals surface area contributed by atoms with Crippen molar-refractivity contribution in [2.45, 2.75) is 64.1 Å². The fourth-order valence-corrected chi connectivity index (χ4v) is 5.96. The molecule has 1 fully saturated rings. The molecule has 1 aliphatic heterocycles. The van der Waals surface area contributed by atoms with Crippen LogP contribution in [-0.4, -0.2) is 56.8 Å². The van der Waals surface area contributed by atoms with Gasteiger partial charge in [-0.3, -0.25) is 13.9 Å². The maximum atomic E-state index is 13.9. The van der Waals surface area contributed by atoms with Crippen LogP contribution in [0.5, 0.6) is 11.5 Å². The summed E-state index contributed by atoms with van der Waals surface area (Å²) >= 11 is 6.41. The second-order valence-electron chi connectivity index (χ2n) is 9.69. The number of rotatable bonds is 10. The molecule has 1 atom stereocenters. The monoisotopic (exact) mass is 563 g/mol. The van der Waals surface area contributed by atoms with Gasteiger partial charge in [-0.25, -0.2) is 8.42 Å². The van der Waals surface area contributed by atoms with Crippen LogP contribution >= 0.6 is 11.6 Å². The van der Waals surface area contributed by atoms with Crippen LogP contribution in [0.4, 0.5) is 5.69 Å². The number of hydrogen-bond donors (Lipinski definition) is 1. The first kappa shape index (κ1) is 28.0. The van der Waals surface area contributed by atoms with Crippen LogP contribution in [-0.2, 0) is 26.2 Å². The van der Waals surface area contributed by atoms with Crippen molar-refractivity contribution in [2.75, 3.05) is 23.9 Å². The molecule has 2 amide bonds. The topological polar surface area (TPSA) is 105 Å². The average Bonchev–Trinajstić information content (AvgIpc) is 3.36. The Morgan fingerprint density at radius 3 is 2.47 bits per heavy atom. The number of fused-ring (bicyclic) bond motifs is 1. The summed E-state index contributed by atoms with van der Waals surface area (Å²) in [5.41, 5.74) is 0.933. The van der Waals surface area contributed by atoms with Crippen molar-refractivity contribution in [1.82, 2.24) is 10.2 Å². The zero-order valence-corrected chi connectivity index (χ0v) is 23.3. The third-order valence-electron chi connectivity index (χ3n) is 6.96. The molecule has 0 bridgehead atoms. The Balaban J connectivity index is 1.63. The number of sulfonamides is 1. The number of nitrogens with zero attached hydrogens (tertiary/aromatic N) is 2. The van der Waals surface area contributed by atoms with Crippen molar-refractivity contribution in [2.24, 2.45) is 0 Å². The number of carbonyl (C=O) groups excluding carboxylic acids is 2. The first-order chi connectivity index (χ1) is 18.2. The first-order valence-corrected chi connectivity index (χ1v) is 15.1. The minimum absolute atomic E-state index is 0.0382. The van der Waals surface area contributed by atoms with E-state index in [0.717, 1.165) is 42.7 Å². The lowest BCUT2D eigenvalue weighted by molar-refractivity contribution is -0.140. The van der Waals surface area contributed by atoms with Gasteiger partial charge in [0.15, 0.2) is 11.5 Å². The Hall–Kier alpha value is -2.98. The summed E-state index contributed by atoms with van der Waals surface area (Å²) in [5.74, 6) is 0.140. The van der Waals surface area contributed by atoms with Gasteiger partial charge in [0, 0.05) is 23.7 Å². The van der Waals surface area contributed by atoms with Crippen LogP contribution in [0.1, 0.15) is 51.0 Å². The van der Waals surface area contributed by atoms with Gasteiger partial charge in [0.05, 0.1) is 11.9 Å². The number of benzene rings is 2. The van der Waals surface area contributed by atoms with E-state index in [0.29, 0.717) is 28.5 Å². The highest BCUT2D eigenvalue weighted by Crippen LogP contribution is 2.36. The van der Waals surface area contributed by atoms with E-state index in [1.807, 2.05) is 13.0 Å². The van der Waals surface area contributed by atoms with Crippen LogP contribution < -0.4 is 19.1 Å². The minimum atomic E-state index is -3.86. The molecular formula is C27H34ClN3O6S. The van der Waals surface area contributed by atoms with Gasteiger partial charge in [0.25, 0.3) is 0 Å². The van der Waals surface area contributed by atoms with Gasteiger partial charge in [-0.1, -0.05) is 56.0 Å². The third kappa shape index (κ3) is 6.71. The number of halogens is 1. The molecule has 4 rings (SSSR count). The van der Waals surface area contributed by atoms with Crippen molar-refractivity contribution in [1.29, 1.82) is 0 Å². The molecular weight excluding hydrogens is 530 g/mol. The molecule has 2 aliphatic rings. The smallest absolute Gasteiger partial charge is 0.244 e. The third-order valence-corrected chi connectivity index (χ3v) is 8.47. The van der Waals surface area contributed by atoms with Crippen molar-refractivity contribution in [3.8, 4) is 11.5 Å². The molecule has 1 saturated carbocycles. The molecule has 1 heterocycles. The molecule has 0 saturated heterocycles. The van der Waals surface area contributed by atoms with Crippen LogP contribution in [0.25, 0.3) is 0 Å². The number of anilines is 1. The Morgan fingerprint density at radius 1 is 1.08 bits per heavy atom. The van der Waals surface area contributed by atoms with Crippen LogP contribution in [0, 0.1) is 0 Å².